The van der Waals surface area contributed by atoms with E-state index in [9.17, 15) is 22.4 Å². The van der Waals surface area contributed by atoms with Crippen LogP contribution in [0.15, 0.2) is 53.9 Å². The average molecular weight is 554 g/mol. The molecular formula is C26H21Cl2F4N3O2. The van der Waals surface area contributed by atoms with E-state index in [0.29, 0.717) is 29.7 Å². The van der Waals surface area contributed by atoms with Crippen molar-refractivity contribution in [1.29, 1.82) is 0 Å². The third-order valence-corrected chi connectivity index (χ3v) is 6.82. The maximum Gasteiger partial charge on any atom is 0.435 e. The first-order chi connectivity index (χ1) is 17.4. The molecule has 1 amide bonds. The lowest BCUT2D eigenvalue weighted by Crippen LogP contribution is -2.42. The highest BCUT2D eigenvalue weighted by atomic mass is 35.5. The first-order valence-corrected chi connectivity index (χ1v) is 11.9. The summed E-state index contributed by atoms with van der Waals surface area (Å²) in [7, 11) is 0. The zero-order chi connectivity index (χ0) is 27.0. The molecule has 37 heavy (non-hydrogen) atoms. The van der Waals surface area contributed by atoms with Gasteiger partial charge in [0.25, 0.3) is 11.5 Å². The molecule has 194 valence electrons. The second-order valence-corrected chi connectivity index (χ2v) is 9.54. The van der Waals surface area contributed by atoms with Crippen LogP contribution in [-0.4, -0.2) is 29.3 Å². The summed E-state index contributed by atoms with van der Waals surface area (Å²) in [4.78, 5) is 21.8. The van der Waals surface area contributed by atoms with Crippen molar-refractivity contribution in [3.63, 3.8) is 0 Å². The first kappa shape index (κ1) is 26.9. The number of nitrogens with zero attached hydrogens (tertiary/aromatic N) is 2. The second-order valence-electron chi connectivity index (χ2n) is 8.72. The summed E-state index contributed by atoms with van der Waals surface area (Å²) >= 11 is 11.5. The van der Waals surface area contributed by atoms with Crippen LogP contribution in [0.5, 0.6) is 0 Å². The summed E-state index contributed by atoms with van der Waals surface area (Å²) in [6, 6.07) is 8.16. The Kier molecular flexibility index (Phi) is 7.48. The molecule has 1 N–H and O–H groups in total. The number of nitrogens with one attached hydrogen (secondary N) is 1. The minimum Gasteiger partial charge on any atom is -0.374 e. The van der Waals surface area contributed by atoms with E-state index in [2.05, 4.69) is 15.5 Å². The highest BCUT2D eigenvalue weighted by Gasteiger charge is 2.62. The van der Waals surface area contributed by atoms with Crippen LogP contribution < -0.4 is 5.32 Å². The highest BCUT2D eigenvalue weighted by Crippen LogP contribution is 2.50. The van der Waals surface area contributed by atoms with Gasteiger partial charge in [0.05, 0.1) is 15.8 Å². The molecule has 0 saturated heterocycles. The van der Waals surface area contributed by atoms with Crippen molar-refractivity contribution >= 4 is 34.8 Å². The minimum atomic E-state index is -4.91. The monoisotopic (exact) mass is 553 g/mol. The van der Waals surface area contributed by atoms with E-state index in [1.54, 1.807) is 25.4 Å². The smallest absolute Gasteiger partial charge is 0.374 e. The van der Waals surface area contributed by atoms with E-state index in [1.807, 2.05) is 13.0 Å². The maximum absolute atomic E-state index is 14.2. The van der Waals surface area contributed by atoms with Gasteiger partial charge < -0.3 is 10.2 Å². The predicted molar refractivity (Wildman–Crippen MR) is 133 cm³/mol. The molecule has 1 atom stereocenters. The van der Waals surface area contributed by atoms with Crippen LogP contribution in [0.1, 0.15) is 44.6 Å². The Labute approximate surface area is 220 Å². The van der Waals surface area contributed by atoms with Crippen LogP contribution in [0.25, 0.3) is 0 Å². The van der Waals surface area contributed by atoms with Gasteiger partial charge in [-0.05, 0) is 72.9 Å². The number of oxime groups is 1. The molecule has 2 aromatic carbocycles. The molecule has 0 saturated carbocycles. The number of hydrogen-bond acceptors (Lipinski definition) is 4. The number of halogens is 6. The number of pyridine rings is 1. The number of hydrogen-bond donors (Lipinski definition) is 1. The van der Waals surface area contributed by atoms with Gasteiger partial charge in [0.2, 0.25) is 0 Å². The number of alkyl halides is 3. The van der Waals surface area contributed by atoms with Gasteiger partial charge >= 0.3 is 6.18 Å². The Balaban J connectivity index is 1.51. The van der Waals surface area contributed by atoms with E-state index in [1.165, 1.54) is 12.1 Å². The van der Waals surface area contributed by atoms with E-state index in [0.717, 1.165) is 23.3 Å². The van der Waals surface area contributed by atoms with Gasteiger partial charge in [-0.3, -0.25) is 9.78 Å². The van der Waals surface area contributed by atoms with Gasteiger partial charge in [0.1, 0.15) is 0 Å². The van der Waals surface area contributed by atoms with Crippen LogP contribution in [-0.2, 0) is 16.9 Å². The highest BCUT2D eigenvalue weighted by molar-refractivity contribution is 6.35. The van der Waals surface area contributed by atoms with Crippen molar-refractivity contribution in [2.75, 3.05) is 6.54 Å². The first-order valence-electron chi connectivity index (χ1n) is 11.2. The summed E-state index contributed by atoms with van der Waals surface area (Å²) in [5.74, 6) is -1.33. The van der Waals surface area contributed by atoms with E-state index in [-0.39, 0.29) is 11.6 Å². The Hall–Kier alpha value is -3.17. The molecule has 11 heteroatoms. The predicted octanol–water partition coefficient (Wildman–Crippen LogP) is 6.70. The summed E-state index contributed by atoms with van der Waals surface area (Å²) in [6.07, 6.45) is -1.55. The normalized spacial score (nSPS) is 17.4. The number of amides is 1. The molecule has 0 fully saturated rings. The Morgan fingerprint density at radius 3 is 2.43 bits per heavy atom. The Morgan fingerprint density at radius 1 is 1.11 bits per heavy atom. The lowest BCUT2D eigenvalue weighted by atomic mass is 9.86. The zero-order valence-corrected chi connectivity index (χ0v) is 21.2. The molecule has 0 radical (unpaired) electrons. The maximum atomic E-state index is 14.2. The van der Waals surface area contributed by atoms with Gasteiger partial charge in [-0.2, -0.15) is 13.2 Å². The van der Waals surface area contributed by atoms with Crippen LogP contribution in [0.2, 0.25) is 10.0 Å². The summed E-state index contributed by atoms with van der Waals surface area (Å²) < 4.78 is 56.5. The number of carbonyl (C=O) groups excluding carboxylic acids is 1. The molecule has 0 aliphatic carbocycles. The summed E-state index contributed by atoms with van der Waals surface area (Å²) in [5, 5.41) is 5.43. The standard InChI is InChI=1S/C26H21Cl2F4N3O2/c1-14-5-7-33-13-17(14)6-8-34-24(36)19-4-3-16(9-15(19)2)22-12-25(37-35-22,26(30,31)32)18-10-20(27)23(29)21(28)11-18/h3-5,7,9-11,13H,6,8,12H2,1-2H3,(H,34,36). The molecule has 2 heterocycles. The van der Waals surface area contributed by atoms with Crippen LogP contribution in [0, 0.1) is 19.7 Å². The second kappa shape index (κ2) is 10.3. The SMILES string of the molecule is Cc1ccncc1CCNC(=O)c1ccc(C2=NOC(c3cc(Cl)c(F)c(Cl)c3)(C(F)(F)F)C2)cc1C. The average Bonchev–Trinajstić information content (AvgIpc) is 3.30. The number of carbonyl (C=O) groups is 1. The van der Waals surface area contributed by atoms with E-state index < -0.39 is 39.6 Å². The van der Waals surface area contributed by atoms with Crippen LogP contribution in [0.4, 0.5) is 17.6 Å². The number of aryl methyl sites for hydroxylation is 2. The lowest BCUT2D eigenvalue weighted by molar-refractivity contribution is -0.275. The number of aromatic nitrogens is 1. The third-order valence-electron chi connectivity index (χ3n) is 6.27. The zero-order valence-electron chi connectivity index (χ0n) is 19.7. The van der Waals surface area contributed by atoms with Crippen molar-refractivity contribution in [2.45, 2.75) is 38.5 Å². The van der Waals surface area contributed by atoms with Gasteiger partial charge in [-0.25, -0.2) is 4.39 Å². The molecule has 4 rings (SSSR count). The molecule has 5 nitrogen and oxygen atoms in total. The largest absolute Gasteiger partial charge is 0.435 e. The number of benzene rings is 2. The third kappa shape index (κ3) is 5.29. The van der Waals surface area contributed by atoms with Gasteiger partial charge in [0, 0.05) is 36.5 Å². The molecule has 1 aliphatic heterocycles. The molecule has 0 bridgehead atoms. The molecule has 0 spiro atoms. The topological polar surface area (TPSA) is 63.6 Å². The Bertz CT molecular complexity index is 1370. The van der Waals surface area contributed by atoms with Gasteiger partial charge in [-0.15, -0.1) is 0 Å². The van der Waals surface area contributed by atoms with Crippen molar-refractivity contribution < 1.29 is 27.2 Å². The van der Waals surface area contributed by atoms with Gasteiger partial charge in [-0.1, -0.05) is 34.4 Å². The van der Waals surface area contributed by atoms with Crippen molar-refractivity contribution in [3.8, 4) is 0 Å². The fourth-order valence-corrected chi connectivity index (χ4v) is 4.60. The molecular weight excluding hydrogens is 533 g/mol. The van der Waals surface area contributed by atoms with Crippen molar-refractivity contribution in [3.05, 3.63) is 98.0 Å². The Morgan fingerprint density at radius 2 is 1.81 bits per heavy atom. The molecule has 1 unspecified atom stereocenters. The molecule has 1 aromatic heterocycles. The fraction of sp³-hybridized carbons (Fsp3) is 0.269. The van der Waals surface area contributed by atoms with Crippen molar-refractivity contribution in [2.24, 2.45) is 5.16 Å². The van der Waals surface area contributed by atoms with E-state index in [4.69, 9.17) is 28.0 Å². The van der Waals surface area contributed by atoms with Crippen LogP contribution >= 0.6 is 23.2 Å². The minimum absolute atomic E-state index is 0.0102. The van der Waals surface area contributed by atoms with Gasteiger partial charge in [0.15, 0.2) is 5.82 Å². The van der Waals surface area contributed by atoms with Crippen LogP contribution in [0.3, 0.4) is 0 Å². The summed E-state index contributed by atoms with van der Waals surface area (Å²) in [5.41, 5.74) is 0.0270. The number of rotatable bonds is 6. The molecule has 1 aliphatic rings. The van der Waals surface area contributed by atoms with E-state index >= 15 is 0 Å². The summed E-state index contributed by atoms with van der Waals surface area (Å²) in [6.45, 7) is 4.03. The van der Waals surface area contributed by atoms with Crippen molar-refractivity contribution in [1.82, 2.24) is 10.3 Å². The quantitative estimate of drug-likeness (QED) is 0.273. The fourth-order valence-electron chi connectivity index (χ4n) is 4.11. The lowest BCUT2D eigenvalue weighted by Gasteiger charge is -2.29. The molecule has 3 aromatic rings.